The number of pyridine rings is 2. The SMILES string of the molecule is C.CC(=O)O.CC(=O)O.CCCc1cc(-c2cc(C)cc(C)c2)nc2cccc(C)c12.Cc1cc(C)cc(-c2cc(Cl)c3c(C)cccc3n2)c1.[CH2-]CC.[Pd].[Zn+][I]. The number of aryl methyl sites for hydroxylation is 7. The number of nitrogens with zero attached hydrogens (tertiary/aromatic N) is 2. The Labute approximate surface area is 381 Å². The van der Waals surface area contributed by atoms with E-state index in [0.29, 0.717) is 0 Å². The van der Waals surface area contributed by atoms with Crippen molar-refractivity contribution in [2.24, 2.45) is 0 Å². The molecule has 0 bridgehead atoms. The molecule has 0 saturated carbocycles. The molecule has 2 aromatic heterocycles. The van der Waals surface area contributed by atoms with Crippen molar-refractivity contribution in [1.82, 2.24) is 9.97 Å². The van der Waals surface area contributed by atoms with Crippen LogP contribution in [0.3, 0.4) is 0 Å². The van der Waals surface area contributed by atoms with Gasteiger partial charge < -0.3 is 17.1 Å². The van der Waals surface area contributed by atoms with Gasteiger partial charge in [-0.3, -0.25) is 9.59 Å². The number of benzene rings is 4. The molecule has 6 nitrogen and oxygen atoms in total. The zero-order valence-electron chi connectivity index (χ0n) is 34.3. The Morgan fingerprint density at radius 1 is 0.667 bits per heavy atom. The van der Waals surface area contributed by atoms with Gasteiger partial charge in [0.25, 0.3) is 11.9 Å². The van der Waals surface area contributed by atoms with E-state index in [-0.39, 0.29) is 27.8 Å². The fourth-order valence-corrected chi connectivity index (χ4v) is 6.33. The molecule has 2 heterocycles. The summed E-state index contributed by atoms with van der Waals surface area (Å²) >= 11 is 10.1. The molecule has 0 saturated heterocycles. The Bertz CT molecular complexity index is 2120. The molecule has 2 N–H and O–H groups in total. The maximum atomic E-state index is 9.00. The first-order valence-corrected chi connectivity index (χ1v) is 27.5. The van der Waals surface area contributed by atoms with Crippen LogP contribution in [-0.4, -0.2) is 32.1 Å². The second kappa shape index (κ2) is 29.2. The van der Waals surface area contributed by atoms with Crippen molar-refractivity contribution >= 4 is 65.1 Å². The molecule has 10 heteroatoms. The molecule has 0 unspecified atom stereocenters. The van der Waals surface area contributed by atoms with Crippen LogP contribution in [0.1, 0.15) is 86.9 Å². The quantitative estimate of drug-likeness (QED) is 0.104. The monoisotopic (exact) mass is 1050 g/mol. The summed E-state index contributed by atoms with van der Waals surface area (Å²) in [6.07, 6.45) is 3.25. The molecule has 0 aliphatic heterocycles. The molecule has 0 aliphatic rings. The molecule has 0 aliphatic carbocycles. The molecule has 57 heavy (non-hydrogen) atoms. The number of fused-ring (bicyclic) bond motifs is 2. The number of halogens is 2. The van der Waals surface area contributed by atoms with E-state index in [9.17, 15) is 0 Å². The number of aliphatic carboxylic acids is 2. The summed E-state index contributed by atoms with van der Waals surface area (Å²) in [4.78, 5) is 27.7. The third-order valence-corrected chi connectivity index (χ3v) is 7.97. The molecule has 0 fully saturated rings. The van der Waals surface area contributed by atoms with Crippen LogP contribution in [0.15, 0.2) is 84.9 Å². The topological polar surface area (TPSA) is 100 Å². The van der Waals surface area contributed by atoms with Crippen LogP contribution in [0.25, 0.3) is 44.3 Å². The molecule has 0 spiro atoms. The molecule has 6 rings (SSSR count). The fourth-order valence-electron chi connectivity index (χ4n) is 5.98. The van der Waals surface area contributed by atoms with Gasteiger partial charge >= 0.3 is 34.5 Å². The van der Waals surface area contributed by atoms with Crippen molar-refractivity contribution < 1.29 is 55.0 Å². The van der Waals surface area contributed by atoms with Gasteiger partial charge in [0.2, 0.25) is 0 Å². The number of rotatable bonds is 4. The van der Waals surface area contributed by atoms with E-state index in [1.54, 1.807) is 0 Å². The van der Waals surface area contributed by atoms with Crippen molar-refractivity contribution in [1.29, 1.82) is 0 Å². The van der Waals surface area contributed by atoms with Crippen molar-refractivity contribution in [2.75, 3.05) is 0 Å². The van der Waals surface area contributed by atoms with E-state index in [1.165, 1.54) is 59.1 Å². The summed E-state index contributed by atoms with van der Waals surface area (Å²) in [6, 6.07) is 29.9. The van der Waals surface area contributed by atoms with Gasteiger partial charge in [-0.1, -0.05) is 97.9 Å². The number of carbonyl (C=O) groups is 2. The first-order chi connectivity index (χ1) is 26.0. The summed E-state index contributed by atoms with van der Waals surface area (Å²) in [5, 5.41) is 18.0. The predicted octanol–water partition coefficient (Wildman–Crippen LogP) is 14.2. The first-order valence-electron chi connectivity index (χ1n) is 18.1. The van der Waals surface area contributed by atoms with Gasteiger partial charge in [-0.05, 0) is 113 Å². The number of carboxylic acids is 2. The average molecular weight is 1050 g/mol. The third-order valence-electron chi connectivity index (χ3n) is 7.67. The van der Waals surface area contributed by atoms with Gasteiger partial charge in [-0.25, -0.2) is 9.97 Å². The summed E-state index contributed by atoms with van der Waals surface area (Å²) in [6.45, 7) is 22.6. The van der Waals surface area contributed by atoms with E-state index in [1.807, 2.05) is 25.1 Å². The predicted molar refractivity (Wildman–Crippen MR) is 245 cm³/mol. The number of hydrogen-bond acceptors (Lipinski definition) is 4. The van der Waals surface area contributed by atoms with Gasteiger partial charge in [-0.15, -0.1) is 0 Å². The fraction of sp³-hybridized carbons (Fsp3) is 0.298. The minimum atomic E-state index is -0.833. The molecule has 0 atom stereocenters. The van der Waals surface area contributed by atoms with E-state index in [4.69, 9.17) is 41.4 Å². The maximum absolute atomic E-state index is 9.00. The Kier molecular flexibility index (Phi) is 28.7. The van der Waals surface area contributed by atoms with Gasteiger partial charge in [0.15, 0.2) is 0 Å². The van der Waals surface area contributed by atoms with Crippen molar-refractivity contribution in [3.8, 4) is 22.5 Å². The Morgan fingerprint density at radius 3 is 1.37 bits per heavy atom. The third kappa shape index (κ3) is 19.5. The Balaban J connectivity index is 0. The second-order valence-corrected chi connectivity index (χ2v) is 13.5. The van der Waals surface area contributed by atoms with Crippen LogP contribution in [-0.2, 0) is 51.2 Å². The van der Waals surface area contributed by atoms with E-state index >= 15 is 0 Å². The van der Waals surface area contributed by atoms with Crippen molar-refractivity contribution in [2.45, 2.75) is 95.9 Å². The van der Waals surface area contributed by atoms with E-state index < -0.39 is 11.9 Å². The Hall–Kier alpha value is -3.05. The zero-order chi connectivity index (χ0) is 41.8. The zero-order valence-corrected chi connectivity index (χ0v) is 41.7. The van der Waals surface area contributed by atoms with Crippen LogP contribution in [0.5, 0.6) is 0 Å². The van der Waals surface area contributed by atoms with E-state index in [2.05, 4.69) is 142 Å². The summed E-state index contributed by atoms with van der Waals surface area (Å²) < 4.78 is 0. The summed E-state index contributed by atoms with van der Waals surface area (Å²) in [5.74, 6) is -1.67. The van der Waals surface area contributed by atoms with Crippen molar-refractivity contribution in [3.05, 3.63) is 136 Å². The normalized spacial score (nSPS) is 9.46. The van der Waals surface area contributed by atoms with Gasteiger partial charge in [0.05, 0.1) is 27.4 Å². The summed E-state index contributed by atoms with van der Waals surface area (Å²) in [7, 11) is 0. The van der Waals surface area contributed by atoms with Crippen LogP contribution >= 0.6 is 31.4 Å². The van der Waals surface area contributed by atoms with Crippen LogP contribution in [0, 0.1) is 48.5 Å². The van der Waals surface area contributed by atoms with E-state index in [0.717, 1.165) is 77.1 Å². The van der Waals surface area contributed by atoms with Crippen molar-refractivity contribution in [3.63, 3.8) is 0 Å². The molecule has 0 amide bonds. The molecule has 6 aromatic rings. The standard InChI is InChI=1S/C21H23N.C18H16ClN.C3H7.2C2H4O2.CH4.HI.Pd.Zn/c1-5-7-17-13-20(18-11-14(2)10-15(3)12-18)22-19-9-6-8-16(4)21(17)19;1-11-7-12(2)9-14(8-11)17-10-15(19)18-13(3)5-4-6-16(18)20-17;1-3-2;2*1-2(3)4;;;;/h6,8-13H,5,7H2,1-4H3;4-10H,1-3H3;1,3H2,2H3;2*1H3,(H,3,4);1H4;1H;;/q;;-1;;;;;;+2/p-1. The number of hydrogen-bond donors (Lipinski definition) is 2. The number of aromatic nitrogens is 2. The van der Waals surface area contributed by atoms with Gasteiger partial charge in [0, 0.05) is 56.2 Å². The number of carboxylic acid groups (broad SMARTS) is 2. The molecule has 4 aromatic carbocycles. The molecular formula is C47H58ClIN2O4PdZn. The van der Waals surface area contributed by atoms with Crippen LogP contribution in [0.4, 0.5) is 0 Å². The molecule has 0 radical (unpaired) electrons. The summed E-state index contributed by atoms with van der Waals surface area (Å²) in [5.41, 5.74) is 15.4. The molecular weight excluding hydrogens is 991 g/mol. The molecule has 306 valence electrons. The Morgan fingerprint density at radius 2 is 1.00 bits per heavy atom. The average Bonchev–Trinajstić information content (AvgIpc) is 3.08. The van der Waals surface area contributed by atoms with Gasteiger partial charge in [-0.2, -0.15) is 6.42 Å². The van der Waals surface area contributed by atoms with Crippen LogP contribution < -0.4 is 0 Å². The first kappa shape index (κ1) is 56.0. The minimum absolute atomic E-state index is 0. The second-order valence-electron chi connectivity index (χ2n) is 13.1. The van der Waals surface area contributed by atoms with Crippen LogP contribution in [0.2, 0.25) is 5.02 Å². The van der Waals surface area contributed by atoms with Gasteiger partial charge in [0.1, 0.15) is 0 Å².